The minimum absolute atomic E-state index is 0.206. The van der Waals surface area contributed by atoms with E-state index in [0.29, 0.717) is 6.54 Å². The van der Waals surface area contributed by atoms with Gasteiger partial charge < -0.3 is 0 Å². The number of aromatic nitrogens is 3. The monoisotopic (exact) mass is 347 g/mol. The van der Waals surface area contributed by atoms with E-state index in [1.807, 2.05) is 25.5 Å². The number of sulfonamides is 1. The first-order chi connectivity index (χ1) is 11.4. The van der Waals surface area contributed by atoms with E-state index in [9.17, 15) is 8.42 Å². The highest BCUT2D eigenvalue weighted by Gasteiger charge is 2.50. The van der Waals surface area contributed by atoms with Gasteiger partial charge in [-0.1, -0.05) is 0 Å². The second kappa shape index (κ2) is 5.29. The van der Waals surface area contributed by atoms with Gasteiger partial charge in [0.05, 0.1) is 23.8 Å². The molecule has 0 bridgehead atoms. The van der Waals surface area contributed by atoms with Gasteiger partial charge in [0.25, 0.3) is 0 Å². The molecule has 0 saturated carbocycles. The summed E-state index contributed by atoms with van der Waals surface area (Å²) in [5.41, 5.74) is 2.63. The molecule has 1 saturated heterocycles. The lowest BCUT2D eigenvalue weighted by molar-refractivity contribution is 0.306. The second-order valence-electron chi connectivity index (χ2n) is 6.90. The van der Waals surface area contributed by atoms with Gasteiger partial charge in [0.1, 0.15) is 0 Å². The Balaban J connectivity index is 1.62. The molecule has 1 fully saturated rings. The van der Waals surface area contributed by atoms with Crippen LogP contribution in [0.2, 0.25) is 0 Å². The molecule has 0 aromatic carbocycles. The third-order valence-corrected chi connectivity index (χ3v) is 6.13. The molecule has 24 heavy (non-hydrogen) atoms. The average Bonchev–Trinajstić information content (AvgIpc) is 3.20. The fourth-order valence-corrected chi connectivity index (χ4v) is 4.95. The Morgan fingerprint density at radius 3 is 2.88 bits per heavy atom. The summed E-state index contributed by atoms with van der Waals surface area (Å²) in [6.45, 7) is 3.07. The van der Waals surface area contributed by atoms with Gasteiger partial charge in [0.2, 0.25) is 10.0 Å². The molecule has 2 aromatic heterocycles. The quantitative estimate of drug-likeness (QED) is 0.819. The number of hydrogen-bond acceptors (Lipinski definition) is 5. The van der Waals surface area contributed by atoms with Crippen LogP contribution in [0.4, 0.5) is 5.69 Å². The number of rotatable bonds is 3. The summed E-state index contributed by atoms with van der Waals surface area (Å²) >= 11 is 0. The zero-order chi connectivity index (χ0) is 16.9. The molecule has 8 heteroatoms. The van der Waals surface area contributed by atoms with Crippen molar-refractivity contribution < 1.29 is 8.42 Å². The molecular formula is C16H21N5O2S. The minimum atomic E-state index is -3.29. The number of nitrogens with zero attached hydrogens (tertiary/aromatic N) is 5. The molecule has 4 rings (SSSR count). The molecule has 4 heterocycles. The van der Waals surface area contributed by atoms with E-state index >= 15 is 0 Å². The predicted molar refractivity (Wildman–Crippen MR) is 91.2 cm³/mol. The maximum atomic E-state index is 12.2. The van der Waals surface area contributed by atoms with Gasteiger partial charge in [-0.25, -0.2) is 8.42 Å². The Morgan fingerprint density at radius 1 is 1.33 bits per heavy atom. The first-order valence-corrected chi connectivity index (χ1v) is 9.85. The van der Waals surface area contributed by atoms with E-state index in [1.54, 1.807) is 16.9 Å². The summed E-state index contributed by atoms with van der Waals surface area (Å²) in [4.78, 5) is 6.92. The number of anilines is 1. The highest BCUT2D eigenvalue weighted by molar-refractivity contribution is 7.92. The Morgan fingerprint density at radius 2 is 2.17 bits per heavy atom. The zero-order valence-electron chi connectivity index (χ0n) is 13.9. The SMILES string of the molecule is Cn1cc(CN2CC[C@]3(C2)CN(S(C)(=O)=O)c2cccnc23)cn1. The lowest BCUT2D eigenvalue weighted by atomic mass is 9.85. The molecule has 7 nitrogen and oxygen atoms in total. The van der Waals surface area contributed by atoms with Crippen LogP contribution >= 0.6 is 0 Å². The lowest BCUT2D eigenvalue weighted by Crippen LogP contribution is -2.38. The van der Waals surface area contributed by atoms with Gasteiger partial charge in [0, 0.05) is 50.1 Å². The molecule has 2 aromatic rings. The number of pyridine rings is 1. The first-order valence-electron chi connectivity index (χ1n) is 8.00. The first kappa shape index (κ1) is 15.6. The van der Waals surface area contributed by atoms with Crippen LogP contribution in [0.3, 0.4) is 0 Å². The molecule has 0 unspecified atom stereocenters. The van der Waals surface area contributed by atoms with Crippen molar-refractivity contribution in [2.24, 2.45) is 7.05 Å². The van der Waals surface area contributed by atoms with Gasteiger partial charge in [-0.15, -0.1) is 0 Å². The molecule has 1 spiro atoms. The predicted octanol–water partition coefficient (Wildman–Crippen LogP) is 0.738. The average molecular weight is 347 g/mol. The van der Waals surface area contributed by atoms with Crippen molar-refractivity contribution in [2.75, 3.05) is 30.2 Å². The molecular weight excluding hydrogens is 326 g/mol. The fraction of sp³-hybridized carbons (Fsp3) is 0.500. The molecule has 0 aliphatic carbocycles. The molecule has 2 aliphatic rings. The Labute approximate surface area is 142 Å². The van der Waals surface area contributed by atoms with Gasteiger partial charge in [-0.2, -0.15) is 5.10 Å². The number of fused-ring (bicyclic) bond motifs is 2. The maximum absolute atomic E-state index is 12.2. The smallest absolute Gasteiger partial charge is 0.232 e. The van der Waals surface area contributed by atoms with Crippen molar-refractivity contribution in [3.8, 4) is 0 Å². The van der Waals surface area contributed by atoms with Crippen LogP contribution < -0.4 is 4.31 Å². The molecule has 0 N–H and O–H groups in total. The minimum Gasteiger partial charge on any atom is -0.298 e. The maximum Gasteiger partial charge on any atom is 0.232 e. The molecule has 128 valence electrons. The van der Waals surface area contributed by atoms with Gasteiger partial charge in [-0.05, 0) is 25.1 Å². The summed E-state index contributed by atoms with van der Waals surface area (Å²) in [6, 6.07) is 3.67. The van der Waals surface area contributed by atoms with E-state index in [1.165, 1.54) is 16.1 Å². The van der Waals surface area contributed by atoms with Gasteiger partial charge in [0.15, 0.2) is 0 Å². The van der Waals surface area contributed by atoms with Crippen LogP contribution in [0.15, 0.2) is 30.7 Å². The highest BCUT2D eigenvalue weighted by Crippen LogP contribution is 2.46. The van der Waals surface area contributed by atoms with Crippen molar-refractivity contribution >= 4 is 15.7 Å². The number of likely N-dealkylation sites (tertiary alicyclic amines) is 1. The third-order valence-electron chi connectivity index (χ3n) is 5.00. The van der Waals surface area contributed by atoms with E-state index < -0.39 is 10.0 Å². The van der Waals surface area contributed by atoms with E-state index in [0.717, 1.165) is 37.4 Å². The van der Waals surface area contributed by atoms with Crippen LogP contribution in [0.25, 0.3) is 0 Å². The topological polar surface area (TPSA) is 71.3 Å². The van der Waals surface area contributed by atoms with Crippen LogP contribution in [0.1, 0.15) is 17.7 Å². The van der Waals surface area contributed by atoms with Crippen molar-refractivity contribution in [3.05, 3.63) is 42.0 Å². The van der Waals surface area contributed by atoms with E-state index in [2.05, 4.69) is 15.0 Å². The summed E-state index contributed by atoms with van der Waals surface area (Å²) in [7, 11) is -1.38. The van der Waals surface area contributed by atoms with E-state index in [4.69, 9.17) is 0 Å². The van der Waals surface area contributed by atoms with Crippen molar-refractivity contribution in [3.63, 3.8) is 0 Å². The van der Waals surface area contributed by atoms with Crippen molar-refractivity contribution in [2.45, 2.75) is 18.4 Å². The summed E-state index contributed by atoms with van der Waals surface area (Å²) < 4.78 is 27.7. The van der Waals surface area contributed by atoms with Gasteiger partial charge >= 0.3 is 0 Å². The highest BCUT2D eigenvalue weighted by atomic mass is 32.2. The summed E-state index contributed by atoms with van der Waals surface area (Å²) in [6.07, 6.45) is 7.86. The van der Waals surface area contributed by atoms with Crippen LogP contribution in [0.5, 0.6) is 0 Å². The van der Waals surface area contributed by atoms with Gasteiger partial charge in [-0.3, -0.25) is 18.9 Å². The fourth-order valence-electron chi connectivity index (χ4n) is 3.96. The lowest BCUT2D eigenvalue weighted by Gasteiger charge is -2.24. The number of hydrogen-bond donors (Lipinski definition) is 0. The molecule has 1 atom stereocenters. The van der Waals surface area contributed by atoms with Crippen molar-refractivity contribution in [1.29, 1.82) is 0 Å². The zero-order valence-corrected chi connectivity index (χ0v) is 14.7. The Bertz CT molecular complexity index is 878. The standard InChI is InChI=1S/C16H21N5O2S/c1-19-9-13(8-18-19)10-20-7-5-16(11-20)12-21(24(2,22)23)14-4-3-6-17-15(14)16/h3-4,6,8-9H,5,7,10-12H2,1-2H3/t16-/m0/s1. The third kappa shape index (κ3) is 2.50. The summed E-state index contributed by atoms with van der Waals surface area (Å²) in [5.74, 6) is 0. The van der Waals surface area contributed by atoms with Crippen LogP contribution in [0, 0.1) is 0 Å². The Kier molecular flexibility index (Phi) is 3.43. The van der Waals surface area contributed by atoms with Crippen LogP contribution in [-0.4, -0.2) is 54.0 Å². The largest absolute Gasteiger partial charge is 0.298 e. The molecule has 0 radical (unpaired) electrons. The van der Waals surface area contributed by atoms with Crippen LogP contribution in [-0.2, 0) is 29.0 Å². The number of aryl methyl sites for hydroxylation is 1. The van der Waals surface area contributed by atoms with Crippen molar-refractivity contribution in [1.82, 2.24) is 19.7 Å². The normalized spacial score (nSPS) is 24.0. The second-order valence-corrected chi connectivity index (χ2v) is 8.81. The Hall–Kier alpha value is -1.93. The van der Waals surface area contributed by atoms with E-state index in [-0.39, 0.29) is 5.41 Å². The molecule has 2 aliphatic heterocycles. The summed E-state index contributed by atoms with van der Waals surface area (Å²) in [5, 5.41) is 4.22. The molecule has 0 amide bonds.